The van der Waals surface area contributed by atoms with Gasteiger partial charge >= 0.3 is 0 Å². The molecule has 3 rings (SSSR count). The van der Waals surface area contributed by atoms with Crippen molar-refractivity contribution in [1.82, 2.24) is 15.1 Å². The highest BCUT2D eigenvalue weighted by Gasteiger charge is 2.31. The van der Waals surface area contributed by atoms with Crippen molar-refractivity contribution in [2.24, 2.45) is 5.92 Å². The minimum Gasteiger partial charge on any atom is -0.314 e. The summed E-state index contributed by atoms with van der Waals surface area (Å²) in [5.41, 5.74) is 0. The molecule has 0 aromatic carbocycles. The molecular weight excluding hydrogens is 186 g/mol. The van der Waals surface area contributed by atoms with Crippen LogP contribution in [-0.2, 0) is 0 Å². The molecule has 15 heavy (non-hydrogen) atoms. The molecule has 1 unspecified atom stereocenters. The summed E-state index contributed by atoms with van der Waals surface area (Å²) in [5.74, 6) is 1.06. The number of nitrogens with one attached hydrogen (secondary N) is 1. The van der Waals surface area contributed by atoms with Crippen LogP contribution >= 0.6 is 0 Å². The normalized spacial score (nSPS) is 34.8. The van der Waals surface area contributed by atoms with E-state index in [1.807, 2.05) is 0 Å². The third-order valence-corrected chi connectivity index (χ3v) is 4.13. The fourth-order valence-electron chi connectivity index (χ4n) is 2.99. The molecule has 1 atom stereocenters. The van der Waals surface area contributed by atoms with Crippen molar-refractivity contribution in [2.75, 3.05) is 45.8 Å². The molecule has 1 N–H and O–H groups in total. The van der Waals surface area contributed by atoms with E-state index in [0.717, 1.165) is 12.0 Å². The second kappa shape index (κ2) is 4.40. The van der Waals surface area contributed by atoms with E-state index in [9.17, 15) is 0 Å². The lowest BCUT2D eigenvalue weighted by Gasteiger charge is -2.32. The van der Waals surface area contributed by atoms with Crippen molar-refractivity contribution < 1.29 is 0 Å². The lowest BCUT2D eigenvalue weighted by Crippen LogP contribution is -2.49. The van der Waals surface area contributed by atoms with E-state index >= 15 is 0 Å². The highest BCUT2D eigenvalue weighted by atomic mass is 15.3. The van der Waals surface area contributed by atoms with Crippen molar-refractivity contribution in [2.45, 2.75) is 25.3 Å². The van der Waals surface area contributed by atoms with E-state index in [0.29, 0.717) is 0 Å². The van der Waals surface area contributed by atoms with E-state index in [2.05, 4.69) is 15.1 Å². The Hall–Kier alpha value is -0.120. The molecule has 1 aliphatic carbocycles. The lowest BCUT2D eigenvalue weighted by atomic mass is 10.2. The van der Waals surface area contributed by atoms with Gasteiger partial charge in [0.1, 0.15) is 0 Å². The molecule has 0 aromatic rings. The van der Waals surface area contributed by atoms with Gasteiger partial charge in [0.05, 0.1) is 0 Å². The Bertz CT molecular complexity index is 209. The SMILES string of the molecule is C1CN(C2CCN(CC3CC3)C2)CCN1. The third kappa shape index (κ3) is 2.52. The van der Waals surface area contributed by atoms with Crippen molar-refractivity contribution in [3.05, 3.63) is 0 Å². The topological polar surface area (TPSA) is 18.5 Å². The first-order valence-corrected chi connectivity index (χ1v) is 6.59. The van der Waals surface area contributed by atoms with Crippen molar-refractivity contribution in [3.63, 3.8) is 0 Å². The van der Waals surface area contributed by atoms with Crippen LogP contribution in [0.2, 0.25) is 0 Å². The summed E-state index contributed by atoms with van der Waals surface area (Å²) >= 11 is 0. The van der Waals surface area contributed by atoms with Crippen LogP contribution in [0.4, 0.5) is 0 Å². The molecule has 3 heteroatoms. The zero-order valence-corrected chi connectivity index (χ0v) is 9.62. The summed E-state index contributed by atoms with van der Waals surface area (Å²) in [5, 5.41) is 3.44. The van der Waals surface area contributed by atoms with Crippen LogP contribution in [0, 0.1) is 5.92 Å². The fourth-order valence-corrected chi connectivity index (χ4v) is 2.99. The molecule has 86 valence electrons. The molecule has 2 saturated heterocycles. The van der Waals surface area contributed by atoms with Gasteiger partial charge < -0.3 is 10.2 Å². The van der Waals surface area contributed by atoms with Gasteiger partial charge in [-0.25, -0.2) is 0 Å². The molecule has 3 fully saturated rings. The minimum atomic E-state index is 0.867. The van der Waals surface area contributed by atoms with Crippen molar-refractivity contribution in [1.29, 1.82) is 0 Å². The Kier molecular flexibility index (Phi) is 2.95. The number of rotatable bonds is 3. The van der Waals surface area contributed by atoms with Crippen LogP contribution in [0.25, 0.3) is 0 Å². The largest absolute Gasteiger partial charge is 0.314 e. The van der Waals surface area contributed by atoms with E-state index in [-0.39, 0.29) is 0 Å². The summed E-state index contributed by atoms with van der Waals surface area (Å²) < 4.78 is 0. The van der Waals surface area contributed by atoms with Crippen LogP contribution < -0.4 is 5.32 Å². The van der Waals surface area contributed by atoms with E-state index < -0.39 is 0 Å². The minimum absolute atomic E-state index is 0.867. The van der Waals surface area contributed by atoms with E-state index in [1.54, 1.807) is 0 Å². The summed E-state index contributed by atoms with van der Waals surface area (Å²) in [6, 6.07) is 0.867. The number of hydrogen-bond donors (Lipinski definition) is 1. The van der Waals surface area contributed by atoms with Crippen molar-refractivity contribution >= 4 is 0 Å². The second-order valence-corrected chi connectivity index (χ2v) is 5.43. The van der Waals surface area contributed by atoms with Gasteiger partial charge in [0.15, 0.2) is 0 Å². The monoisotopic (exact) mass is 209 g/mol. The summed E-state index contributed by atoms with van der Waals surface area (Å²) in [6.07, 6.45) is 4.40. The maximum Gasteiger partial charge on any atom is 0.0236 e. The Morgan fingerprint density at radius 1 is 1.00 bits per heavy atom. The van der Waals surface area contributed by atoms with E-state index in [4.69, 9.17) is 0 Å². The summed E-state index contributed by atoms with van der Waals surface area (Å²) in [7, 11) is 0. The van der Waals surface area contributed by atoms with Gasteiger partial charge in [-0.3, -0.25) is 4.90 Å². The van der Waals surface area contributed by atoms with Crippen LogP contribution in [0.3, 0.4) is 0 Å². The molecule has 3 nitrogen and oxygen atoms in total. The molecule has 0 radical (unpaired) electrons. The van der Waals surface area contributed by atoms with E-state index in [1.165, 1.54) is 65.1 Å². The zero-order valence-electron chi connectivity index (χ0n) is 9.62. The second-order valence-electron chi connectivity index (χ2n) is 5.43. The highest BCUT2D eigenvalue weighted by Crippen LogP contribution is 2.31. The molecule has 1 saturated carbocycles. The zero-order chi connectivity index (χ0) is 10.1. The van der Waals surface area contributed by atoms with Crippen molar-refractivity contribution in [3.8, 4) is 0 Å². The number of nitrogens with zero attached hydrogens (tertiary/aromatic N) is 2. The first-order valence-electron chi connectivity index (χ1n) is 6.59. The average molecular weight is 209 g/mol. The summed E-state index contributed by atoms with van der Waals surface area (Å²) in [6.45, 7) is 9.01. The number of likely N-dealkylation sites (tertiary alicyclic amines) is 1. The van der Waals surface area contributed by atoms with Gasteiger partial charge in [-0.2, -0.15) is 0 Å². The number of piperazine rings is 1. The Morgan fingerprint density at radius 2 is 1.80 bits per heavy atom. The average Bonchev–Trinajstić information content (AvgIpc) is 2.96. The van der Waals surface area contributed by atoms with Gasteiger partial charge in [-0.1, -0.05) is 0 Å². The van der Waals surface area contributed by atoms with Gasteiger partial charge in [0.2, 0.25) is 0 Å². The van der Waals surface area contributed by atoms with Crippen LogP contribution in [-0.4, -0.2) is 61.7 Å². The fraction of sp³-hybridized carbons (Fsp3) is 1.00. The Morgan fingerprint density at radius 3 is 2.53 bits per heavy atom. The predicted octanol–water partition coefficient (Wildman–Crippen LogP) is 0.376. The van der Waals surface area contributed by atoms with Gasteiger partial charge in [0, 0.05) is 45.3 Å². The van der Waals surface area contributed by atoms with Gasteiger partial charge in [-0.05, 0) is 31.7 Å². The number of hydrogen-bond acceptors (Lipinski definition) is 3. The maximum absolute atomic E-state index is 3.44. The molecule has 2 heterocycles. The first kappa shape index (κ1) is 10.1. The summed E-state index contributed by atoms with van der Waals surface area (Å²) in [4.78, 5) is 5.40. The van der Waals surface area contributed by atoms with Crippen LogP contribution in [0.5, 0.6) is 0 Å². The van der Waals surface area contributed by atoms with Gasteiger partial charge in [0.25, 0.3) is 0 Å². The maximum atomic E-state index is 3.44. The molecular formula is C12H23N3. The molecule has 0 bridgehead atoms. The molecule has 0 spiro atoms. The Labute approximate surface area is 92.8 Å². The molecule has 0 amide bonds. The smallest absolute Gasteiger partial charge is 0.0236 e. The van der Waals surface area contributed by atoms with Gasteiger partial charge in [-0.15, -0.1) is 0 Å². The first-order chi connectivity index (χ1) is 7.42. The highest BCUT2D eigenvalue weighted by molar-refractivity contribution is 4.88. The molecule has 3 aliphatic rings. The molecule has 0 aromatic heterocycles. The lowest BCUT2D eigenvalue weighted by molar-refractivity contribution is 0.170. The Balaban J connectivity index is 1.46. The predicted molar refractivity (Wildman–Crippen MR) is 62.0 cm³/mol. The molecule has 2 aliphatic heterocycles. The quantitative estimate of drug-likeness (QED) is 0.725. The van der Waals surface area contributed by atoms with Crippen LogP contribution in [0.1, 0.15) is 19.3 Å². The third-order valence-electron chi connectivity index (χ3n) is 4.13. The standard InChI is InChI=1S/C12H23N3/c1-2-11(1)9-14-6-3-12(10-14)15-7-4-13-5-8-15/h11-13H,1-10H2. The van der Waals surface area contributed by atoms with Crippen LogP contribution in [0.15, 0.2) is 0 Å².